The van der Waals surface area contributed by atoms with Crippen LogP contribution in [0.4, 0.5) is 0 Å². The zero-order chi connectivity index (χ0) is 14.6. The number of hydrogen-bond acceptors (Lipinski definition) is 4. The van der Waals surface area contributed by atoms with Crippen molar-refractivity contribution in [2.45, 2.75) is 50.7 Å². The molecule has 1 fully saturated rings. The molecule has 0 bridgehead atoms. The fourth-order valence-electron chi connectivity index (χ4n) is 2.36. The average Bonchev–Trinajstić information content (AvgIpc) is 2.38. The third-order valence-corrected chi connectivity index (χ3v) is 4.96. The fraction of sp³-hybridized carbons (Fsp3) is 0.643. The number of hydrogen-bond donors (Lipinski definition) is 2. The minimum Gasteiger partial charge on any atom is -0.313 e. The van der Waals surface area contributed by atoms with Gasteiger partial charge in [0.25, 0.3) is 10.0 Å². The van der Waals surface area contributed by atoms with Gasteiger partial charge in [0.2, 0.25) is 0 Å². The molecule has 0 unspecified atom stereocenters. The predicted molar refractivity (Wildman–Crippen MR) is 78.7 cm³/mol. The maximum Gasteiger partial charge on any atom is 0.258 e. The molecular weight excluding hydrogens is 274 g/mol. The first-order valence-electron chi connectivity index (χ1n) is 7.19. The Morgan fingerprint density at radius 2 is 2.10 bits per heavy atom. The molecule has 0 atom stereocenters. The summed E-state index contributed by atoms with van der Waals surface area (Å²) >= 11 is 0. The Morgan fingerprint density at radius 3 is 2.65 bits per heavy atom. The van der Waals surface area contributed by atoms with Crippen LogP contribution in [-0.4, -0.2) is 26.0 Å². The first-order chi connectivity index (χ1) is 9.51. The minimum atomic E-state index is -3.47. The Balaban J connectivity index is 1.94. The van der Waals surface area contributed by atoms with Gasteiger partial charge >= 0.3 is 0 Å². The molecule has 0 aliphatic heterocycles. The average molecular weight is 297 g/mol. The molecule has 2 N–H and O–H groups in total. The predicted octanol–water partition coefficient (Wildman–Crippen LogP) is 1.66. The first kappa shape index (κ1) is 15.4. The summed E-state index contributed by atoms with van der Waals surface area (Å²) in [5, 5.41) is 3.37. The van der Waals surface area contributed by atoms with Crippen LogP contribution >= 0.6 is 0 Å². The van der Waals surface area contributed by atoms with Crippen LogP contribution in [0.15, 0.2) is 23.4 Å². The Labute approximate surface area is 121 Å². The van der Waals surface area contributed by atoms with E-state index in [2.05, 4.69) is 28.9 Å². The molecule has 1 aliphatic carbocycles. The summed E-state index contributed by atoms with van der Waals surface area (Å²) < 4.78 is 27.0. The Kier molecular flexibility index (Phi) is 5.12. The van der Waals surface area contributed by atoms with Crippen LogP contribution in [0.5, 0.6) is 0 Å². The van der Waals surface area contributed by atoms with Crippen molar-refractivity contribution in [3.8, 4) is 0 Å². The third kappa shape index (κ3) is 4.01. The third-order valence-electron chi connectivity index (χ3n) is 3.52. The highest BCUT2D eigenvalue weighted by molar-refractivity contribution is 7.89. The largest absolute Gasteiger partial charge is 0.313 e. The summed E-state index contributed by atoms with van der Waals surface area (Å²) in [4.78, 5) is 4.07. The van der Waals surface area contributed by atoms with E-state index < -0.39 is 10.0 Å². The van der Waals surface area contributed by atoms with Crippen molar-refractivity contribution in [2.24, 2.45) is 5.92 Å². The molecule has 0 aromatic carbocycles. The van der Waals surface area contributed by atoms with E-state index in [1.807, 2.05) is 6.07 Å². The molecule has 1 aromatic heterocycles. The molecule has 1 saturated carbocycles. The number of nitrogens with zero attached hydrogens (tertiary/aromatic N) is 1. The van der Waals surface area contributed by atoms with E-state index in [-0.39, 0.29) is 11.1 Å². The number of sulfonamides is 1. The number of rotatable bonds is 7. The van der Waals surface area contributed by atoms with Gasteiger partial charge < -0.3 is 5.32 Å². The Morgan fingerprint density at radius 1 is 1.35 bits per heavy atom. The van der Waals surface area contributed by atoms with Crippen molar-refractivity contribution in [3.05, 3.63) is 23.9 Å². The van der Waals surface area contributed by atoms with Crippen LogP contribution < -0.4 is 10.0 Å². The highest BCUT2D eigenvalue weighted by Gasteiger charge is 2.30. The van der Waals surface area contributed by atoms with Gasteiger partial charge in [0.1, 0.15) is 0 Å². The molecule has 1 heterocycles. The second-order valence-electron chi connectivity index (χ2n) is 5.58. The van der Waals surface area contributed by atoms with E-state index in [4.69, 9.17) is 0 Å². The van der Waals surface area contributed by atoms with Crippen molar-refractivity contribution in [2.75, 3.05) is 6.54 Å². The Bertz CT molecular complexity index is 522. The second kappa shape index (κ2) is 6.65. The van der Waals surface area contributed by atoms with Crippen LogP contribution in [0.3, 0.4) is 0 Å². The topological polar surface area (TPSA) is 71.1 Å². The van der Waals surface area contributed by atoms with Crippen molar-refractivity contribution in [1.82, 2.24) is 15.0 Å². The molecule has 6 heteroatoms. The standard InChI is InChI=1S/C14H23N3O2S/c1-3-6-15-9-12-4-5-14(16-10-12)20(18,19)17-13-7-11(2)8-13/h4-5,10-11,13,15,17H,3,6-9H2,1-2H3. The maximum absolute atomic E-state index is 12.1. The van der Waals surface area contributed by atoms with Crippen LogP contribution in [0.25, 0.3) is 0 Å². The van der Waals surface area contributed by atoms with Gasteiger partial charge in [-0.2, -0.15) is 0 Å². The summed E-state index contributed by atoms with van der Waals surface area (Å²) in [6.45, 7) is 5.89. The van der Waals surface area contributed by atoms with Crippen LogP contribution in [0.1, 0.15) is 38.7 Å². The summed E-state index contributed by atoms with van der Waals surface area (Å²) in [7, 11) is -3.47. The lowest BCUT2D eigenvalue weighted by Crippen LogP contribution is -2.43. The number of pyridine rings is 1. The van der Waals surface area contributed by atoms with E-state index in [0.717, 1.165) is 31.4 Å². The lowest BCUT2D eigenvalue weighted by Gasteiger charge is -2.32. The minimum absolute atomic E-state index is 0.0719. The molecule has 0 saturated heterocycles. The zero-order valence-corrected chi connectivity index (χ0v) is 12.9. The normalized spacial score (nSPS) is 22.5. The van der Waals surface area contributed by atoms with Gasteiger partial charge in [-0.25, -0.2) is 18.1 Å². The first-order valence-corrected chi connectivity index (χ1v) is 8.67. The van der Waals surface area contributed by atoms with Gasteiger partial charge in [0.05, 0.1) is 0 Å². The van der Waals surface area contributed by atoms with Gasteiger partial charge in [-0.15, -0.1) is 0 Å². The van der Waals surface area contributed by atoms with Crippen molar-refractivity contribution >= 4 is 10.0 Å². The number of aromatic nitrogens is 1. The lowest BCUT2D eigenvalue weighted by atomic mass is 9.83. The van der Waals surface area contributed by atoms with Gasteiger partial charge in [0, 0.05) is 18.8 Å². The number of nitrogens with one attached hydrogen (secondary N) is 2. The van der Waals surface area contributed by atoms with Crippen LogP contribution in [0.2, 0.25) is 0 Å². The van der Waals surface area contributed by atoms with Gasteiger partial charge in [0.15, 0.2) is 5.03 Å². The highest BCUT2D eigenvalue weighted by Crippen LogP contribution is 2.27. The molecule has 0 amide bonds. The van der Waals surface area contributed by atoms with Gasteiger partial charge in [-0.3, -0.25) is 0 Å². The molecule has 1 aromatic rings. The quantitative estimate of drug-likeness (QED) is 0.751. The second-order valence-corrected chi connectivity index (χ2v) is 7.24. The van der Waals surface area contributed by atoms with Crippen molar-refractivity contribution < 1.29 is 8.42 Å². The molecule has 112 valence electrons. The maximum atomic E-state index is 12.1. The monoisotopic (exact) mass is 297 g/mol. The summed E-state index contributed by atoms with van der Waals surface area (Å²) in [6.07, 6.45) is 4.53. The van der Waals surface area contributed by atoms with Crippen molar-refractivity contribution in [1.29, 1.82) is 0 Å². The molecule has 20 heavy (non-hydrogen) atoms. The fourth-order valence-corrected chi connectivity index (χ4v) is 3.55. The van der Waals surface area contributed by atoms with Crippen LogP contribution in [-0.2, 0) is 16.6 Å². The molecule has 1 aliphatic rings. The van der Waals surface area contributed by atoms with Gasteiger partial charge in [-0.1, -0.05) is 19.9 Å². The van der Waals surface area contributed by atoms with Crippen LogP contribution in [0, 0.1) is 5.92 Å². The van der Waals surface area contributed by atoms with E-state index in [0.29, 0.717) is 12.5 Å². The van der Waals surface area contributed by atoms with E-state index >= 15 is 0 Å². The summed E-state index contributed by atoms with van der Waals surface area (Å²) in [5.41, 5.74) is 0.995. The lowest BCUT2D eigenvalue weighted by molar-refractivity contribution is 0.270. The SMILES string of the molecule is CCCNCc1ccc(S(=O)(=O)NC2CC(C)C2)nc1. The molecule has 0 spiro atoms. The van der Waals surface area contributed by atoms with E-state index in [1.165, 1.54) is 0 Å². The summed E-state index contributed by atoms with van der Waals surface area (Å²) in [6, 6.07) is 3.46. The molecule has 2 rings (SSSR count). The highest BCUT2D eigenvalue weighted by atomic mass is 32.2. The molecule has 0 radical (unpaired) electrons. The summed E-state index contributed by atoms with van der Waals surface area (Å²) in [5.74, 6) is 0.614. The smallest absolute Gasteiger partial charge is 0.258 e. The molecular formula is C14H23N3O2S. The Hall–Kier alpha value is -0.980. The van der Waals surface area contributed by atoms with Crippen molar-refractivity contribution in [3.63, 3.8) is 0 Å². The van der Waals surface area contributed by atoms with E-state index in [9.17, 15) is 8.42 Å². The zero-order valence-electron chi connectivity index (χ0n) is 12.1. The van der Waals surface area contributed by atoms with E-state index in [1.54, 1.807) is 12.3 Å². The molecule has 5 nitrogen and oxygen atoms in total. The van der Waals surface area contributed by atoms with Gasteiger partial charge in [-0.05, 0) is 43.4 Å².